The van der Waals surface area contributed by atoms with Crippen molar-refractivity contribution in [1.29, 1.82) is 0 Å². The first-order valence-electron chi connectivity index (χ1n) is 11.3. The summed E-state index contributed by atoms with van der Waals surface area (Å²) in [6.45, 7) is 4.70. The van der Waals surface area contributed by atoms with Gasteiger partial charge < -0.3 is 24.7 Å². The molecule has 3 heterocycles. The third-order valence-electron chi connectivity index (χ3n) is 5.78. The van der Waals surface area contributed by atoms with E-state index in [4.69, 9.17) is 19.8 Å². The highest BCUT2D eigenvalue weighted by Gasteiger charge is 2.22. The minimum Gasteiger partial charge on any atom is -0.473 e. The van der Waals surface area contributed by atoms with Crippen molar-refractivity contribution in [2.45, 2.75) is 13.1 Å². The number of carboxylic acids is 2. The van der Waals surface area contributed by atoms with Gasteiger partial charge in [-0.2, -0.15) is 0 Å². The Morgan fingerprint density at radius 2 is 1.58 bits per heavy atom. The van der Waals surface area contributed by atoms with Crippen molar-refractivity contribution in [3.8, 4) is 0 Å². The van der Waals surface area contributed by atoms with Crippen LogP contribution >= 0.6 is 0 Å². The Kier molecular flexibility index (Phi) is 7.71. The predicted octanol–water partition coefficient (Wildman–Crippen LogP) is 1.92. The standard InChI is InChI=1S/C23H24N6O.C2H2O4/c30-23(19-7-5-18(6-8-19)15-28-10-9-24-17-28)29-13-11-27(12-14-29)16-22-25-20-3-1-2-4-21(20)26-22;3-1(4)2(5)6/h1-10,17H,11-16H2,(H,25,26);(H,3,4)(H,5,6). The van der Waals surface area contributed by atoms with Crippen LogP contribution in [-0.4, -0.2) is 83.6 Å². The number of H-pyrrole nitrogens is 1. The Hall–Kier alpha value is -4.51. The number of rotatable bonds is 5. The van der Waals surface area contributed by atoms with Crippen molar-refractivity contribution < 1.29 is 24.6 Å². The monoisotopic (exact) mass is 490 g/mol. The SMILES string of the molecule is O=C(O)C(=O)O.O=C(c1ccc(Cn2ccnc2)cc1)N1CCN(Cc2nc3ccccc3[nH]2)CC1. The molecular formula is C25H26N6O5. The normalized spacial score (nSPS) is 13.7. The number of para-hydroxylation sites is 2. The molecule has 4 aromatic rings. The van der Waals surface area contributed by atoms with E-state index in [1.165, 1.54) is 0 Å². The van der Waals surface area contributed by atoms with Crippen LogP contribution in [0.3, 0.4) is 0 Å². The first-order valence-corrected chi connectivity index (χ1v) is 11.3. The fourth-order valence-corrected chi connectivity index (χ4v) is 3.93. The topological polar surface area (TPSA) is 145 Å². The van der Waals surface area contributed by atoms with Gasteiger partial charge in [-0.3, -0.25) is 9.69 Å². The molecule has 11 nitrogen and oxygen atoms in total. The smallest absolute Gasteiger partial charge is 0.414 e. The van der Waals surface area contributed by atoms with Gasteiger partial charge in [-0.05, 0) is 29.8 Å². The van der Waals surface area contributed by atoms with E-state index < -0.39 is 11.9 Å². The molecule has 2 aromatic carbocycles. The third kappa shape index (κ3) is 6.33. The van der Waals surface area contributed by atoms with Crippen LogP contribution in [-0.2, 0) is 22.7 Å². The first-order chi connectivity index (χ1) is 17.4. The molecule has 1 fully saturated rings. The quantitative estimate of drug-likeness (QED) is 0.360. The molecule has 1 aliphatic rings. The second-order valence-electron chi connectivity index (χ2n) is 8.31. The Balaban J connectivity index is 0.000000455. The van der Waals surface area contributed by atoms with E-state index in [1.54, 1.807) is 12.5 Å². The van der Waals surface area contributed by atoms with Crippen LogP contribution in [0, 0.1) is 0 Å². The van der Waals surface area contributed by atoms with Gasteiger partial charge in [0.25, 0.3) is 5.91 Å². The molecule has 36 heavy (non-hydrogen) atoms. The number of benzene rings is 2. The minimum atomic E-state index is -1.82. The zero-order chi connectivity index (χ0) is 25.5. The molecule has 0 aliphatic carbocycles. The lowest BCUT2D eigenvalue weighted by molar-refractivity contribution is -0.159. The van der Waals surface area contributed by atoms with Crippen LogP contribution in [0.2, 0.25) is 0 Å². The van der Waals surface area contributed by atoms with Crippen LogP contribution in [0.25, 0.3) is 11.0 Å². The molecule has 0 bridgehead atoms. The Morgan fingerprint density at radius 3 is 2.19 bits per heavy atom. The summed E-state index contributed by atoms with van der Waals surface area (Å²) in [6.07, 6.45) is 5.50. The second kappa shape index (κ2) is 11.3. The molecule has 0 radical (unpaired) electrons. The number of fused-ring (bicyclic) bond motifs is 1. The summed E-state index contributed by atoms with van der Waals surface area (Å²) in [5, 5.41) is 14.8. The number of aromatic nitrogens is 4. The lowest BCUT2D eigenvalue weighted by Crippen LogP contribution is -2.48. The van der Waals surface area contributed by atoms with Gasteiger partial charge in [-0.15, -0.1) is 0 Å². The van der Waals surface area contributed by atoms with Crippen molar-refractivity contribution in [3.05, 3.63) is 84.2 Å². The fourth-order valence-electron chi connectivity index (χ4n) is 3.93. The molecule has 0 unspecified atom stereocenters. The number of amides is 1. The van der Waals surface area contributed by atoms with Gasteiger partial charge in [-0.25, -0.2) is 19.6 Å². The number of nitrogens with zero attached hydrogens (tertiary/aromatic N) is 5. The van der Waals surface area contributed by atoms with E-state index in [0.29, 0.717) is 0 Å². The van der Waals surface area contributed by atoms with Gasteiger partial charge in [-0.1, -0.05) is 24.3 Å². The van der Waals surface area contributed by atoms with Crippen LogP contribution < -0.4 is 0 Å². The second-order valence-corrected chi connectivity index (χ2v) is 8.31. The Bertz CT molecular complexity index is 1280. The minimum absolute atomic E-state index is 0.104. The number of aliphatic carboxylic acids is 2. The Morgan fingerprint density at radius 1 is 0.889 bits per heavy atom. The third-order valence-corrected chi connectivity index (χ3v) is 5.78. The lowest BCUT2D eigenvalue weighted by atomic mass is 10.1. The van der Waals surface area contributed by atoms with Crippen LogP contribution in [0.1, 0.15) is 21.7 Å². The van der Waals surface area contributed by atoms with Crippen molar-refractivity contribution in [2.24, 2.45) is 0 Å². The summed E-state index contributed by atoms with van der Waals surface area (Å²) in [7, 11) is 0. The zero-order valence-electron chi connectivity index (χ0n) is 19.4. The molecule has 0 atom stereocenters. The van der Waals surface area contributed by atoms with Crippen LogP contribution in [0.5, 0.6) is 0 Å². The molecule has 2 aromatic heterocycles. The summed E-state index contributed by atoms with van der Waals surface area (Å²) < 4.78 is 2.01. The summed E-state index contributed by atoms with van der Waals surface area (Å²) >= 11 is 0. The van der Waals surface area contributed by atoms with Gasteiger partial charge in [0.1, 0.15) is 5.82 Å². The summed E-state index contributed by atoms with van der Waals surface area (Å²) in [5.74, 6) is -2.57. The maximum absolute atomic E-state index is 12.9. The lowest BCUT2D eigenvalue weighted by Gasteiger charge is -2.34. The van der Waals surface area contributed by atoms with E-state index in [2.05, 4.69) is 19.9 Å². The zero-order valence-corrected chi connectivity index (χ0v) is 19.4. The van der Waals surface area contributed by atoms with E-state index >= 15 is 0 Å². The molecule has 0 saturated carbocycles. The number of hydrogen-bond acceptors (Lipinski definition) is 6. The van der Waals surface area contributed by atoms with E-state index in [-0.39, 0.29) is 5.91 Å². The average Bonchev–Trinajstić information content (AvgIpc) is 3.54. The number of carbonyl (C=O) groups excluding carboxylic acids is 1. The van der Waals surface area contributed by atoms with Gasteiger partial charge in [0.2, 0.25) is 0 Å². The van der Waals surface area contributed by atoms with Crippen molar-refractivity contribution in [1.82, 2.24) is 29.3 Å². The van der Waals surface area contributed by atoms with Gasteiger partial charge in [0.05, 0.1) is 23.9 Å². The number of nitrogens with one attached hydrogen (secondary N) is 1. The average molecular weight is 491 g/mol. The van der Waals surface area contributed by atoms with E-state index in [0.717, 1.165) is 67.3 Å². The molecule has 1 aliphatic heterocycles. The molecule has 11 heteroatoms. The summed E-state index contributed by atoms with van der Waals surface area (Å²) in [4.78, 5) is 47.5. The molecule has 5 rings (SSSR count). The number of imidazole rings is 2. The number of piperazine rings is 1. The molecule has 0 spiro atoms. The van der Waals surface area contributed by atoms with E-state index in [1.807, 2.05) is 64.2 Å². The van der Waals surface area contributed by atoms with Crippen LogP contribution in [0.4, 0.5) is 0 Å². The number of aromatic amines is 1. The highest BCUT2D eigenvalue weighted by molar-refractivity contribution is 6.27. The highest BCUT2D eigenvalue weighted by atomic mass is 16.4. The largest absolute Gasteiger partial charge is 0.473 e. The maximum atomic E-state index is 12.9. The summed E-state index contributed by atoms with van der Waals surface area (Å²) in [5.41, 5.74) is 3.96. The summed E-state index contributed by atoms with van der Waals surface area (Å²) in [6, 6.07) is 16.0. The van der Waals surface area contributed by atoms with Crippen molar-refractivity contribution >= 4 is 28.9 Å². The van der Waals surface area contributed by atoms with E-state index in [9.17, 15) is 4.79 Å². The number of carbonyl (C=O) groups is 3. The highest BCUT2D eigenvalue weighted by Crippen LogP contribution is 2.15. The molecular weight excluding hydrogens is 464 g/mol. The van der Waals surface area contributed by atoms with Gasteiger partial charge >= 0.3 is 11.9 Å². The van der Waals surface area contributed by atoms with Crippen molar-refractivity contribution in [3.63, 3.8) is 0 Å². The molecule has 3 N–H and O–H groups in total. The fraction of sp³-hybridized carbons (Fsp3) is 0.240. The van der Waals surface area contributed by atoms with Crippen molar-refractivity contribution in [2.75, 3.05) is 26.2 Å². The predicted molar refractivity (Wildman–Crippen MR) is 130 cm³/mol. The maximum Gasteiger partial charge on any atom is 0.414 e. The first kappa shape index (κ1) is 24.6. The number of carboxylic acid groups (broad SMARTS) is 2. The Labute approximate surface area is 206 Å². The number of hydrogen-bond donors (Lipinski definition) is 3. The van der Waals surface area contributed by atoms with Crippen LogP contribution in [0.15, 0.2) is 67.3 Å². The molecule has 1 amide bonds. The van der Waals surface area contributed by atoms with Gasteiger partial charge in [0, 0.05) is 50.7 Å². The van der Waals surface area contributed by atoms with Gasteiger partial charge in [0.15, 0.2) is 0 Å². The molecule has 186 valence electrons. The molecule has 1 saturated heterocycles.